The van der Waals surface area contributed by atoms with Gasteiger partial charge < -0.3 is 10.3 Å². The number of nitrogens with zero attached hydrogens (tertiary/aromatic N) is 1. The van der Waals surface area contributed by atoms with E-state index in [9.17, 15) is 4.79 Å². The number of para-hydroxylation sites is 1. The van der Waals surface area contributed by atoms with Crippen LogP contribution in [0, 0.1) is 5.92 Å². The van der Waals surface area contributed by atoms with Gasteiger partial charge in [-0.15, -0.1) is 11.3 Å². The van der Waals surface area contributed by atoms with Gasteiger partial charge in [0.1, 0.15) is 0 Å². The Morgan fingerprint density at radius 2 is 2.28 bits per heavy atom. The summed E-state index contributed by atoms with van der Waals surface area (Å²) in [4.78, 5) is 21.5. The van der Waals surface area contributed by atoms with Crippen molar-refractivity contribution in [2.24, 2.45) is 5.92 Å². The van der Waals surface area contributed by atoms with E-state index in [-0.39, 0.29) is 5.91 Å². The molecule has 25 heavy (non-hydrogen) atoms. The quantitative estimate of drug-likeness (QED) is 0.698. The number of nitrogens with one attached hydrogen (secondary N) is 2. The standard InChI is InChI=1S/C20H23N3OS/c1-13-9-10-17-18(11-13)25-20(22-17)23-19(24)8-4-5-14-12-21-16-7-3-2-6-15(14)16/h2-3,6-7,12-13,21H,4-5,8-11H2,1H3,(H,22,23,24). The number of carbonyl (C=O) groups excluding carboxylic acids is 1. The first-order chi connectivity index (χ1) is 12.2. The molecule has 1 aliphatic rings. The van der Waals surface area contributed by atoms with Crippen LogP contribution in [0.2, 0.25) is 0 Å². The van der Waals surface area contributed by atoms with Gasteiger partial charge in [0.2, 0.25) is 5.91 Å². The molecular weight excluding hydrogens is 330 g/mol. The molecule has 0 saturated heterocycles. The summed E-state index contributed by atoms with van der Waals surface area (Å²) >= 11 is 1.65. The number of thiazole rings is 1. The Hall–Kier alpha value is -2.14. The van der Waals surface area contributed by atoms with Gasteiger partial charge in [-0.05, 0) is 49.7 Å². The van der Waals surface area contributed by atoms with Crippen LogP contribution in [0.1, 0.15) is 42.3 Å². The Bertz CT molecular complexity index is 895. The van der Waals surface area contributed by atoms with E-state index in [0.717, 1.165) is 42.2 Å². The van der Waals surface area contributed by atoms with E-state index in [4.69, 9.17) is 0 Å². The third-order valence-electron chi connectivity index (χ3n) is 4.96. The van der Waals surface area contributed by atoms with Crippen LogP contribution in [0.4, 0.5) is 5.13 Å². The Labute approximate surface area is 151 Å². The fraction of sp³-hybridized carbons (Fsp3) is 0.400. The summed E-state index contributed by atoms with van der Waals surface area (Å²) in [5.74, 6) is 0.798. The molecule has 0 fully saturated rings. The van der Waals surface area contributed by atoms with Gasteiger partial charge in [-0.1, -0.05) is 25.1 Å². The Morgan fingerprint density at radius 1 is 1.40 bits per heavy atom. The molecule has 130 valence electrons. The monoisotopic (exact) mass is 353 g/mol. The van der Waals surface area contributed by atoms with Crippen LogP contribution in [0.3, 0.4) is 0 Å². The number of carbonyl (C=O) groups is 1. The average molecular weight is 353 g/mol. The van der Waals surface area contributed by atoms with Crippen molar-refractivity contribution < 1.29 is 4.79 Å². The number of benzene rings is 1. The van der Waals surface area contributed by atoms with E-state index < -0.39 is 0 Å². The second-order valence-electron chi connectivity index (χ2n) is 7.00. The molecule has 4 rings (SSSR count). The molecule has 1 amide bonds. The predicted octanol–water partition coefficient (Wildman–Crippen LogP) is 4.71. The second kappa shape index (κ2) is 7.00. The molecule has 1 aromatic carbocycles. The molecule has 5 heteroatoms. The molecule has 4 nitrogen and oxygen atoms in total. The zero-order valence-corrected chi connectivity index (χ0v) is 15.3. The van der Waals surface area contributed by atoms with Gasteiger partial charge in [-0.2, -0.15) is 0 Å². The van der Waals surface area contributed by atoms with Gasteiger partial charge in [0.05, 0.1) is 5.69 Å². The summed E-state index contributed by atoms with van der Waals surface area (Å²) in [6, 6.07) is 8.29. The summed E-state index contributed by atoms with van der Waals surface area (Å²) < 4.78 is 0. The van der Waals surface area contributed by atoms with Crippen LogP contribution in [0.5, 0.6) is 0 Å². The summed E-state index contributed by atoms with van der Waals surface area (Å²) in [6.45, 7) is 2.28. The smallest absolute Gasteiger partial charge is 0.226 e. The molecule has 2 heterocycles. The Morgan fingerprint density at radius 3 is 3.20 bits per heavy atom. The van der Waals surface area contributed by atoms with Crippen LogP contribution in [0.25, 0.3) is 10.9 Å². The number of H-pyrrole nitrogens is 1. The highest BCUT2D eigenvalue weighted by Gasteiger charge is 2.20. The molecule has 0 radical (unpaired) electrons. The van der Waals surface area contributed by atoms with Gasteiger partial charge in [0, 0.05) is 28.4 Å². The lowest BCUT2D eigenvalue weighted by Gasteiger charge is -2.15. The molecular formula is C20H23N3OS. The number of hydrogen-bond acceptors (Lipinski definition) is 3. The average Bonchev–Trinajstić information content (AvgIpc) is 3.18. The molecule has 0 bridgehead atoms. The van der Waals surface area contributed by atoms with Crippen molar-refractivity contribution >= 4 is 33.3 Å². The SMILES string of the molecule is CC1CCc2nc(NC(=O)CCCc3c[nH]c4ccccc34)sc2C1. The predicted molar refractivity (Wildman–Crippen MR) is 103 cm³/mol. The number of aromatic amines is 1. The van der Waals surface area contributed by atoms with Crippen molar-refractivity contribution in [2.45, 2.75) is 45.4 Å². The first-order valence-corrected chi connectivity index (χ1v) is 9.84. The van der Waals surface area contributed by atoms with Gasteiger partial charge >= 0.3 is 0 Å². The maximum absolute atomic E-state index is 12.2. The van der Waals surface area contributed by atoms with Gasteiger partial charge in [-0.3, -0.25) is 4.79 Å². The number of hydrogen-bond donors (Lipinski definition) is 2. The van der Waals surface area contributed by atoms with Crippen LogP contribution >= 0.6 is 11.3 Å². The van der Waals surface area contributed by atoms with Crippen LogP contribution < -0.4 is 5.32 Å². The maximum Gasteiger partial charge on any atom is 0.226 e. The number of amides is 1. The van der Waals surface area contributed by atoms with E-state index in [1.54, 1.807) is 11.3 Å². The zero-order valence-electron chi connectivity index (χ0n) is 14.5. The topological polar surface area (TPSA) is 57.8 Å². The fourth-order valence-corrected chi connectivity index (χ4v) is 4.74. The minimum Gasteiger partial charge on any atom is -0.361 e. The maximum atomic E-state index is 12.2. The number of anilines is 1. The third-order valence-corrected chi connectivity index (χ3v) is 5.99. The Kier molecular flexibility index (Phi) is 4.57. The van der Waals surface area contributed by atoms with Crippen LogP contribution in [-0.2, 0) is 24.1 Å². The summed E-state index contributed by atoms with van der Waals surface area (Å²) in [7, 11) is 0. The Balaban J connectivity index is 1.31. The van der Waals surface area contributed by atoms with Crippen LogP contribution in [0.15, 0.2) is 30.5 Å². The number of aryl methyl sites for hydroxylation is 2. The number of fused-ring (bicyclic) bond motifs is 2. The molecule has 0 saturated carbocycles. The lowest BCUT2D eigenvalue weighted by Crippen LogP contribution is -2.11. The minimum atomic E-state index is 0.0685. The van der Waals surface area contributed by atoms with E-state index in [2.05, 4.69) is 46.6 Å². The van der Waals surface area contributed by atoms with Crippen molar-refractivity contribution in [3.8, 4) is 0 Å². The molecule has 3 aromatic rings. The highest BCUT2D eigenvalue weighted by atomic mass is 32.1. The minimum absolute atomic E-state index is 0.0685. The van der Waals surface area contributed by atoms with Crippen molar-refractivity contribution in [3.05, 3.63) is 46.6 Å². The zero-order chi connectivity index (χ0) is 17.2. The van der Waals surface area contributed by atoms with Crippen molar-refractivity contribution in [1.29, 1.82) is 0 Å². The molecule has 0 spiro atoms. The van der Waals surface area contributed by atoms with E-state index >= 15 is 0 Å². The second-order valence-corrected chi connectivity index (χ2v) is 8.08. The fourth-order valence-electron chi connectivity index (χ4n) is 3.55. The molecule has 1 atom stereocenters. The van der Waals surface area contributed by atoms with Crippen molar-refractivity contribution in [1.82, 2.24) is 9.97 Å². The summed E-state index contributed by atoms with van der Waals surface area (Å²) in [6.07, 6.45) is 7.68. The number of aromatic nitrogens is 2. The van der Waals surface area contributed by atoms with Crippen molar-refractivity contribution in [3.63, 3.8) is 0 Å². The van der Waals surface area contributed by atoms with Crippen LogP contribution in [-0.4, -0.2) is 15.9 Å². The first-order valence-electron chi connectivity index (χ1n) is 9.02. The molecule has 1 unspecified atom stereocenters. The molecule has 2 N–H and O–H groups in total. The largest absolute Gasteiger partial charge is 0.361 e. The molecule has 0 aliphatic heterocycles. The lowest BCUT2D eigenvalue weighted by atomic mass is 9.93. The van der Waals surface area contributed by atoms with Crippen molar-refractivity contribution in [2.75, 3.05) is 5.32 Å². The number of rotatable bonds is 5. The van der Waals surface area contributed by atoms with E-state index in [1.807, 2.05) is 6.07 Å². The highest BCUT2D eigenvalue weighted by Crippen LogP contribution is 2.32. The first kappa shape index (κ1) is 16.3. The normalized spacial score (nSPS) is 16.8. The van der Waals surface area contributed by atoms with Gasteiger partial charge in [0.15, 0.2) is 5.13 Å². The van der Waals surface area contributed by atoms with Gasteiger partial charge in [0.25, 0.3) is 0 Å². The lowest BCUT2D eigenvalue weighted by molar-refractivity contribution is -0.116. The molecule has 1 aliphatic carbocycles. The van der Waals surface area contributed by atoms with E-state index in [1.165, 1.54) is 27.9 Å². The van der Waals surface area contributed by atoms with E-state index in [0.29, 0.717) is 6.42 Å². The third kappa shape index (κ3) is 3.61. The summed E-state index contributed by atoms with van der Waals surface area (Å²) in [5.41, 5.74) is 3.63. The molecule has 2 aromatic heterocycles. The summed E-state index contributed by atoms with van der Waals surface area (Å²) in [5, 5.41) is 5.02. The highest BCUT2D eigenvalue weighted by molar-refractivity contribution is 7.15. The van der Waals surface area contributed by atoms with Gasteiger partial charge in [-0.25, -0.2) is 4.98 Å².